The van der Waals surface area contributed by atoms with Crippen molar-refractivity contribution in [3.8, 4) is 5.75 Å². The first-order valence-corrected chi connectivity index (χ1v) is 10.9. The van der Waals surface area contributed by atoms with Gasteiger partial charge in [0.1, 0.15) is 11.9 Å². The van der Waals surface area contributed by atoms with E-state index in [2.05, 4.69) is 17.1 Å². The molecule has 1 aromatic heterocycles. The third-order valence-corrected chi connectivity index (χ3v) is 5.96. The molecule has 1 aliphatic heterocycles. The van der Waals surface area contributed by atoms with Gasteiger partial charge in [0.05, 0.1) is 12.9 Å². The summed E-state index contributed by atoms with van der Waals surface area (Å²) in [6.45, 7) is 1.48. The SMILES string of the molecule is O=C1SCCN1c1ccc(OC(CCc2ccc(Cl)cc2)Cn2ccnc2)cc1. The second-order valence-electron chi connectivity index (χ2n) is 6.92. The normalized spacial score (nSPS) is 14.9. The fourth-order valence-electron chi connectivity index (χ4n) is 3.32. The fourth-order valence-corrected chi connectivity index (χ4v) is 4.25. The van der Waals surface area contributed by atoms with Crippen LogP contribution in [-0.4, -0.2) is 33.2 Å². The molecule has 1 fully saturated rings. The zero-order chi connectivity index (χ0) is 20.1. The molecule has 29 heavy (non-hydrogen) atoms. The van der Waals surface area contributed by atoms with E-state index >= 15 is 0 Å². The average Bonchev–Trinajstić information content (AvgIpc) is 3.40. The van der Waals surface area contributed by atoms with Gasteiger partial charge in [0, 0.05) is 35.4 Å². The van der Waals surface area contributed by atoms with Crippen LogP contribution in [-0.2, 0) is 13.0 Å². The highest BCUT2D eigenvalue weighted by Gasteiger charge is 2.22. The number of halogens is 1. The first kappa shape index (κ1) is 19.9. The zero-order valence-corrected chi connectivity index (χ0v) is 17.5. The van der Waals surface area contributed by atoms with Gasteiger partial charge in [0.15, 0.2) is 0 Å². The Morgan fingerprint density at radius 3 is 2.59 bits per heavy atom. The number of anilines is 1. The summed E-state index contributed by atoms with van der Waals surface area (Å²) in [6.07, 6.45) is 7.28. The molecule has 0 radical (unpaired) electrons. The summed E-state index contributed by atoms with van der Waals surface area (Å²) in [5.41, 5.74) is 2.15. The van der Waals surface area contributed by atoms with Crippen molar-refractivity contribution in [2.24, 2.45) is 0 Å². The van der Waals surface area contributed by atoms with Crippen LogP contribution in [0.25, 0.3) is 0 Å². The lowest BCUT2D eigenvalue weighted by Gasteiger charge is -2.21. The summed E-state index contributed by atoms with van der Waals surface area (Å²) in [6, 6.07) is 15.7. The number of aromatic nitrogens is 2. The number of thioether (sulfide) groups is 1. The Hall–Kier alpha value is -2.44. The van der Waals surface area contributed by atoms with Gasteiger partial charge < -0.3 is 14.2 Å². The van der Waals surface area contributed by atoms with E-state index in [9.17, 15) is 4.79 Å². The number of imidazole rings is 1. The second kappa shape index (κ2) is 9.37. The smallest absolute Gasteiger partial charge is 0.286 e. The molecular formula is C22H22ClN3O2S. The van der Waals surface area contributed by atoms with E-state index in [4.69, 9.17) is 16.3 Å². The van der Waals surface area contributed by atoms with Crippen LogP contribution >= 0.6 is 23.4 Å². The Labute approximate surface area is 179 Å². The molecule has 1 aliphatic rings. The lowest BCUT2D eigenvalue weighted by molar-refractivity contribution is 0.170. The van der Waals surface area contributed by atoms with Gasteiger partial charge in [-0.05, 0) is 54.8 Å². The van der Waals surface area contributed by atoms with E-state index in [1.807, 2.05) is 47.2 Å². The molecule has 1 amide bonds. The molecule has 1 unspecified atom stereocenters. The molecule has 4 rings (SSSR count). The van der Waals surface area contributed by atoms with Crippen LogP contribution in [0.2, 0.25) is 5.02 Å². The molecule has 150 valence electrons. The molecule has 0 bridgehead atoms. The van der Waals surface area contributed by atoms with Gasteiger partial charge in [-0.15, -0.1) is 0 Å². The quantitative estimate of drug-likeness (QED) is 0.490. The molecule has 0 N–H and O–H groups in total. The molecule has 2 aromatic carbocycles. The van der Waals surface area contributed by atoms with Crippen molar-refractivity contribution in [1.82, 2.24) is 9.55 Å². The molecule has 0 spiro atoms. The van der Waals surface area contributed by atoms with Crippen molar-refractivity contribution >= 4 is 34.3 Å². The molecule has 0 aliphatic carbocycles. The summed E-state index contributed by atoms with van der Waals surface area (Å²) in [5, 5.41) is 0.856. The summed E-state index contributed by atoms with van der Waals surface area (Å²) in [5.74, 6) is 1.64. The lowest BCUT2D eigenvalue weighted by atomic mass is 10.1. The summed E-state index contributed by atoms with van der Waals surface area (Å²) in [7, 11) is 0. The Balaban J connectivity index is 1.42. The molecule has 2 heterocycles. The number of nitrogens with zero attached hydrogens (tertiary/aromatic N) is 3. The standard InChI is InChI=1S/C22H22ClN3O2S/c23-18-4-1-17(2-5-18)3-8-21(15-25-12-11-24-16-25)28-20-9-6-19(7-10-20)26-13-14-29-22(26)27/h1-2,4-7,9-12,16,21H,3,8,13-15H2. The van der Waals surface area contributed by atoms with Crippen molar-refractivity contribution < 1.29 is 9.53 Å². The van der Waals surface area contributed by atoms with Gasteiger partial charge in [0.25, 0.3) is 5.24 Å². The fraction of sp³-hybridized carbons (Fsp3) is 0.273. The van der Waals surface area contributed by atoms with Crippen molar-refractivity contribution in [3.63, 3.8) is 0 Å². The maximum absolute atomic E-state index is 11.9. The van der Waals surface area contributed by atoms with E-state index in [1.165, 1.54) is 17.3 Å². The zero-order valence-electron chi connectivity index (χ0n) is 15.9. The minimum absolute atomic E-state index is 0.00491. The third-order valence-electron chi connectivity index (χ3n) is 4.85. The predicted molar refractivity (Wildman–Crippen MR) is 118 cm³/mol. The minimum Gasteiger partial charge on any atom is -0.489 e. The van der Waals surface area contributed by atoms with E-state index < -0.39 is 0 Å². The van der Waals surface area contributed by atoms with Crippen LogP contribution in [0.5, 0.6) is 5.75 Å². The average molecular weight is 428 g/mol. The third kappa shape index (κ3) is 5.34. The van der Waals surface area contributed by atoms with Crippen molar-refractivity contribution in [1.29, 1.82) is 0 Å². The van der Waals surface area contributed by atoms with Crippen LogP contribution in [0, 0.1) is 0 Å². The summed E-state index contributed by atoms with van der Waals surface area (Å²) < 4.78 is 8.32. The van der Waals surface area contributed by atoms with E-state index in [1.54, 1.807) is 17.4 Å². The second-order valence-corrected chi connectivity index (χ2v) is 8.41. The highest BCUT2D eigenvalue weighted by Crippen LogP contribution is 2.27. The number of benzene rings is 2. The molecule has 0 saturated carbocycles. The first-order valence-electron chi connectivity index (χ1n) is 9.58. The van der Waals surface area contributed by atoms with Crippen LogP contribution in [0.1, 0.15) is 12.0 Å². The Morgan fingerprint density at radius 1 is 1.14 bits per heavy atom. The van der Waals surface area contributed by atoms with Crippen molar-refractivity contribution in [2.75, 3.05) is 17.2 Å². The first-order chi connectivity index (χ1) is 14.2. The summed E-state index contributed by atoms with van der Waals surface area (Å²) >= 11 is 7.35. The van der Waals surface area contributed by atoms with Gasteiger partial charge in [-0.25, -0.2) is 4.98 Å². The van der Waals surface area contributed by atoms with Crippen LogP contribution in [0.3, 0.4) is 0 Å². The number of ether oxygens (including phenoxy) is 1. The van der Waals surface area contributed by atoms with Crippen LogP contribution in [0.15, 0.2) is 67.3 Å². The van der Waals surface area contributed by atoms with E-state index in [-0.39, 0.29) is 11.3 Å². The maximum Gasteiger partial charge on any atom is 0.286 e. The number of aryl methyl sites for hydroxylation is 1. The molecule has 1 saturated heterocycles. The minimum atomic E-state index is -0.00491. The number of rotatable bonds is 8. The largest absolute Gasteiger partial charge is 0.489 e. The van der Waals surface area contributed by atoms with Crippen molar-refractivity contribution in [3.05, 3.63) is 77.8 Å². The van der Waals surface area contributed by atoms with Gasteiger partial charge in [0.2, 0.25) is 0 Å². The highest BCUT2D eigenvalue weighted by molar-refractivity contribution is 8.14. The van der Waals surface area contributed by atoms with Crippen molar-refractivity contribution in [2.45, 2.75) is 25.5 Å². The number of carbonyl (C=O) groups excluding carboxylic acids is 1. The molecular weight excluding hydrogens is 406 g/mol. The van der Waals surface area contributed by atoms with Gasteiger partial charge in [-0.1, -0.05) is 35.5 Å². The highest BCUT2D eigenvalue weighted by atomic mass is 35.5. The maximum atomic E-state index is 11.9. The molecule has 7 heteroatoms. The number of hydrogen-bond donors (Lipinski definition) is 0. The van der Waals surface area contributed by atoms with Crippen LogP contribution in [0.4, 0.5) is 10.5 Å². The summed E-state index contributed by atoms with van der Waals surface area (Å²) in [4.78, 5) is 17.8. The topological polar surface area (TPSA) is 47.4 Å². The number of hydrogen-bond acceptors (Lipinski definition) is 4. The van der Waals surface area contributed by atoms with Gasteiger partial charge >= 0.3 is 0 Å². The Kier molecular flexibility index (Phi) is 6.42. The Morgan fingerprint density at radius 2 is 1.93 bits per heavy atom. The van der Waals surface area contributed by atoms with Gasteiger partial charge in [-0.3, -0.25) is 4.79 Å². The molecule has 5 nitrogen and oxygen atoms in total. The molecule has 3 aromatic rings. The lowest BCUT2D eigenvalue weighted by Crippen LogP contribution is -2.24. The monoisotopic (exact) mass is 427 g/mol. The van der Waals surface area contributed by atoms with Crippen LogP contribution < -0.4 is 9.64 Å². The Bertz CT molecular complexity index is 930. The predicted octanol–water partition coefficient (Wildman–Crippen LogP) is 5.29. The van der Waals surface area contributed by atoms with E-state index in [0.717, 1.165) is 48.1 Å². The number of amides is 1. The van der Waals surface area contributed by atoms with Gasteiger partial charge in [-0.2, -0.15) is 0 Å². The number of carbonyl (C=O) groups is 1. The molecule has 1 atom stereocenters. The van der Waals surface area contributed by atoms with E-state index in [0.29, 0.717) is 0 Å².